The third-order valence-corrected chi connectivity index (χ3v) is 13.5. The second-order valence-electron chi connectivity index (χ2n) is 16.5. The van der Waals surface area contributed by atoms with Crippen molar-refractivity contribution >= 4 is 23.4 Å². The van der Waals surface area contributed by atoms with E-state index in [-0.39, 0.29) is 49.4 Å². The van der Waals surface area contributed by atoms with Crippen molar-refractivity contribution in [3.8, 4) is 11.5 Å². The zero-order chi connectivity index (χ0) is 41.9. The molecule has 9 nitrogen and oxygen atoms in total. The Balaban J connectivity index is 1.51. The van der Waals surface area contributed by atoms with E-state index in [1.165, 1.54) is 43.4 Å². The van der Waals surface area contributed by atoms with Crippen molar-refractivity contribution in [2.75, 3.05) is 46.3 Å². The number of hydrogen-bond acceptors (Lipinski definition) is 9. The summed E-state index contributed by atoms with van der Waals surface area (Å²) in [5.74, 6) is 1.13. The molecule has 2 N–H and O–H groups in total. The number of oxime groups is 1. The number of aliphatic hydroxyl groups excluding tert-OH is 2. The fraction of sp³-hybridized carbons (Fsp3) is 0.633. The lowest BCUT2D eigenvalue weighted by Crippen LogP contribution is -2.69. The normalized spacial score (nSPS) is 23.8. The molecule has 1 saturated carbocycles. The minimum absolute atomic E-state index is 0.0731. The molecular formula is C49H72N2O7S. The Morgan fingerprint density at radius 2 is 1.68 bits per heavy atom. The maximum atomic E-state index is 14.2. The summed E-state index contributed by atoms with van der Waals surface area (Å²) >= 11 is 1.77. The zero-order valence-electron chi connectivity index (χ0n) is 36.2. The molecular weight excluding hydrogens is 761 g/mol. The van der Waals surface area contributed by atoms with Gasteiger partial charge in [-0.1, -0.05) is 107 Å². The van der Waals surface area contributed by atoms with Gasteiger partial charge in [0.25, 0.3) is 0 Å². The van der Waals surface area contributed by atoms with E-state index in [1.54, 1.807) is 24.9 Å². The van der Waals surface area contributed by atoms with Crippen LogP contribution in [0.25, 0.3) is 0 Å². The van der Waals surface area contributed by atoms with Crippen LogP contribution in [0.15, 0.2) is 82.9 Å². The number of benzene rings is 2. The number of aliphatic hydroxyl groups is 2. The largest absolute Gasteiger partial charge is 0.493 e. The van der Waals surface area contributed by atoms with Crippen LogP contribution >= 0.6 is 11.8 Å². The first-order chi connectivity index (χ1) is 28.9. The second-order valence-corrected chi connectivity index (χ2v) is 17.7. The van der Waals surface area contributed by atoms with Gasteiger partial charge in [0.1, 0.15) is 24.7 Å². The molecule has 1 fully saturated rings. The van der Waals surface area contributed by atoms with Crippen LogP contribution in [0, 0.1) is 17.8 Å². The highest BCUT2D eigenvalue weighted by molar-refractivity contribution is 7.99. The number of nitrogens with zero attached hydrogens (tertiary/aromatic N) is 2. The Hall–Kier alpha value is -3.31. The number of thioether (sulfide) groups is 1. The van der Waals surface area contributed by atoms with Gasteiger partial charge in [0.2, 0.25) is 11.7 Å². The lowest BCUT2D eigenvalue weighted by atomic mass is 9.55. The predicted molar refractivity (Wildman–Crippen MR) is 239 cm³/mol. The monoisotopic (exact) mass is 833 g/mol. The first-order valence-corrected chi connectivity index (χ1v) is 23.6. The fourth-order valence-electron chi connectivity index (χ4n) is 9.70. The maximum absolute atomic E-state index is 14.2. The maximum Gasteiger partial charge on any atom is 0.239 e. The summed E-state index contributed by atoms with van der Waals surface area (Å²) in [4.78, 5) is 22.9. The molecule has 0 radical (unpaired) electrons. The average molecular weight is 833 g/mol. The molecule has 1 heterocycles. The summed E-state index contributed by atoms with van der Waals surface area (Å²) in [6.45, 7) is 7.37. The Morgan fingerprint density at radius 1 is 0.966 bits per heavy atom. The van der Waals surface area contributed by atoms with E-state index >= 15 is 0 Å². The molecule has 2 aromatic carbocycles. The van der Waals surface area contributed by atoms with Gasteiger partial charge in [-0.15, -0.1) is 18.3 Å². The molecule has 6 unspecified atom stereocenters. The van der Waals surface area contributed by atoms with E-state index in [1.807, 2.05) is 30.1 Å². The first-order valence-electron chi connectivity index (χ1n) is 22.6. The van der Waals surface area contributed by atoms with Gasteiger partial charge in [0, 0.05) is 55.2 Å². The van der Waals surface area contributed by atoms with E-state index in [4.69, 9.17) is 19.0 Å². The van der Waals surface area contributed by atoms with Crippen molar-refractivity contribution in [2.24, 2.45) is 22.9 Å². The van der Waals surface area contributed by atoms with Crippen LogP contribution in [0.4, 0.5) is 0 Å². The van der Waals surface area contributed by atoms with Gasteiger partial charge in [0.15, 0.2) is 0 Å². The number of carbonyl (C=O) groups excluding carboxylic acids is 1. The number of carbonyl (C=O) groups is 1. The standard InChI is InChI=1S/C49H72N2O7S/c1-5-7-8-9-10-11-12-13-17-26-46(54)51(3)45-36-43(50-55-4)41-34-37(22-18-20-29-52)40(25-19-21-30-53)47-42-35-38(56-32-33-59-39-23-15-14-16-24-39)27-28-44(42)58-49(45,48(41)47)57-31-6-2/h6,14-16,23-24,27-28,34-35,37,40,45,47-48,52-53H,2,5,7-13,17-22,25-26,29-33,36H2,1,3-4H3. The molecule has 2 aliphatic carbocycles. The van der Waals surface area contributed by atoms with Crippen molar-refractivity contribution < 1.29 is 34.1 Å². The van der Waals surface area contributed by atoms with Gasteiger partial charge < -0.3 is 34.2 Å². The number of likely N-dealkylation sites (N-methyl/N-ethyl adjacent to an activating group) is 1. The van der Waals surface area contributed by atoms with Gasteiger partial charge in [-0.3, -0.25) is 4.79 Å². The molecule has 326 valence electrons. The third kappa shape index (κ3) is 12.4. The Morgan fingerprint density at radius 3 is 2.37 bits per heavy atom. The number of amides is 1. The summed E-state index contributed by atoms with van der Waals surface area (Å²) in [6, 6.07) is 16.0. The minimum Gasteiger partial charge on any atom is -0.493 e. The average Bonchev–Trinajstić information content (AvgIpc) is 3.25. The third-order valence-electron chi connectivity index (χ3n) is 12.6. The SMILES string of the molecule is C=CCOC12Oc3ccc(OCCSc4ccccc4)cc3C3C(CCCCO)C(CCCCO)C=C(C(=NOC)CC1N(C)C(=O)CCCCCCCCCCC)C32. The van der Waals surface area contributed by atoms with Gasteiger partial charge >= 0.3 is 0 Å². The van der Waals surface area contributed by atoms with Crippen molar-refractivity contribution in [3.05, 3.63) is 78.4 Å². The zero-order valence-corrected chi connectivity index (χ0v) is 37.0. The summed E-state index contributed by atoms with van der Waals surface area (Å²) in [6.07, 6.45) is 20.7. The van der Waals surface area contributed by atoms with Gasteiger partial charge in [-0.05, 0) is 79.8 Å². The molecule has 5 rings (SSSR count). The quantitative estimate of drug-likeness (QED) is 0.0378. The van der Waals surface area contributed by atoms with Crippen LogP contribution in [0.3, 0.4) is 0 Å². The van der Waals surface area contributed by atoms with Crippen LogP contribution < -0.4 is 9.47 Å². The Kier molecular flexibility index (Phi) is 19.7. The van der Waals surface area contributed by atoms with E-state index in [0.29, 0.717) is 25.9 Å². The van der Waals surface area contributed by atoms with E-state index in [2.05, 4.69) is 55.1 Å². The van der Waals surface area contributed by atoms with Crippen LogP contribution in [-0.4, -0.2) is 84.9 Å². The number of unbranched alkanes of at least 4 members (excludes halogenated alkanes) is 10. The summed E-state index contributed by atoms with van der Waals surface area (Å²) in [5.41, 5.74) is 2.92. The summed E-state index contributed by atoms with van der Waals surface area (Å²) in [7, 11) is 3.48. The van der Waals surface area contributed by atoms with Crippen LogP contribution in [0.2, 0.25) is 0 Å². The second kappa shape index (κ2) is 24.8. The Bertz CT molecular complexity index is 1640. The van der Waals surface area contributed by atoms with Crippen LogP contribution in [-0.2, 0) is 14.4 Å². The van der Waals surface area contributed by atoms with Gasteiger partial charge in [0.05, 0.1) is 24.8 Å². The molecule has 59 heavy (non-hydrogen) atoms. The highest BCUT2D eigenvalue weighted by atomic mass is 32.2. The number of hydrogen-bond donors (Lipinski definition) is 2. The topological polar surface area (TPSA) is 110 Å². The molecule has 2 aromatic rings. The van der Waals surface area contributed by atoms with Gasteiger partial charge in [-0.2, -0.15) is 0 Å². The number of fused-ring (bicyclic) bond motifs is 2. The predicted octanol–water partition coefficient (Wildman–Crippen LogP) is 10.5. The Labute approximate surface area is 359 Å². The molecule has 3 aliphatic rings. The molecule has 1 amide bonds. The number of rotatable bonds is 28. The molecule has 1 aliphatic heterocycles. The lowest BCUT2D eigenvalue weighted by Gasteiger charge is -2.59. The highest BCUT2D eigenvalue weighted by Gasteiger charge is 2.65. The van der Waals surface area contributed by atoms with Crippen molar-refractivity contribution in [3.63, 3.8) is 0 Å². The highest BCUT2D eigenvalue weighted by Crippen LogP contribution is 2.61. The van der Waals surface area contributed by atoms with E-state index in [9.17, 15) is 15.0 Å². The molecule has 10 heteroatoms. The van der Waals surface area contributed by atoms with Crippen LogP contribution in [0.5, 0.6) is 11.5 Å². The number of ether oxygens (including phenoxy) is 3. The van der Waals surface area contributed by atoms with Gasteiger partial charge in [-0.25, -0.2) is 0 Å². The molecule has 6 atom stereocenters. The van der Waals surface area contributed by atoms with Crippen molar-refractivity contribution in [1.82, 2.24) is 4.90 Å². The minimum atomic E-state index is -1.23. The van der Waals surface area contributed by atoms with E-state index in [0.717, 1.165) is 85.5 Å². The van der Waals surface area contributed by atoms with E-state index < -0.39 is 11.8 Å². The van der Waals surface area contributed by atoms with Crippen molar-refractivity contribution in [2.45, 2.75) is 139 Å². The fourth-order valence-corrected chi connectivity index (χ4v) is 10.5. The summed E-state index contributed by atoms with van der Waals surface area (Å²) in [5, 5.41) is 24.4. The molecule has 0 spiro atoms. The smallest absolute Gasteiger partial charge is 0.239 e. The first kappa shape index (κ1) is 46.8. The molecule has 0 saturated heterocycles. The van der Waals surface area contributed by atoms with Crippen molar-refractivity contribution in [1.29, 1.82) is 0 Å². The number of allylic oxidation sites excluding steroid dienone is 1. The summed E-state index contributed by atoms with van der Waals surface area (Å²) < 4.78 is 20.7. The lowest BCUT2D eigenvalue weighted by molar-refractivity contribution is -0.255. The molecule has 0 aromatic heterocycles. The van der Waals surface area contributed by atoms with Crippen LogP contribution in [0.1, 0.15) is 128 Å². The molecule has 0 bridgehead atoms.